The van der Waals surface area contributed by atoms with Gasteiger partial charge in [-0.2, -0.15) is 0 Å². The largest absolute Gasteiger partial charge is 0.497 e. The molecule has 2 aromatic rings. The van der Waals surface area contributed by atoms with E-state index in [9.17, 15) is 9.59 Å². The molecule has 5 heteroatoms. The zero-order chi connectivity index (χ0) is 20.3. The lowest BCUT2D eigenvalue weighted by molar-refractivity contribution is -0.131. The van der Waals surface area contributed by atoms with Crippen LogP contribution in [0.2, 0.25) is 0 Å². The Labute approximate surface area is 165 Å². The fourth-order valence-corrected chi connectivity index (χ4v) is 5.71. The number of benzene rings is 1. The van der Waals surface area contributed by atoms with Crippen molar-refractivity contribution in [2.45, 2.75) is 59.4 Å². The molecule has 4 rings (SSSR count). The van der Waals surface area contributed by atoms with Gasteiger partial charge < -0.3 is 14.1 Å². The van der Waals surface area contributed by atoms with E-state index < -0.39 is 5.63 Å². The molecule has 2 heterocycles. The molecule has 1 aliphatic carbocycles. The summed E-state index contributed by atoms with van der Waals surface area (Å²) in [4.78, 5) is 27.8. The SMILES string of the molecule is COc1ccc2c(C)c(CC(=O)N3C[C@]4(C)C[C@@H]3CC(C)(C)C4)c(=O)oc2c1. The highest BCUT2D eigenvalue weighted by molar-refractivity contribution is 5.85. The zero-order valence-corrected chi connectivity index (χ0v) is 17.4. The predicted octanol–water partition coefficient (Wildman–Crippen LogP) is 4.08. The molecule has 0 unspecified atom stereocenters. The second-order valence-corrected chi connectivity index (χ2v) is 9.77. The van der Waals surface area contributed by atoms with Crippen LogP contribution in [0.3, 0.4) is 0 Å². The summed E-state index contributed by atoms with van der Waals surface area (Å²) in [5.41, 5.74) is 1.78. The van der Waals surface area contributed by atoms with Gasteiger partial charge in [-0.25, -0.2) is 4.79 Å². The quantitative estimate of drug-likeness (QED) is 0.750. The third-order valence-corrected chi connectivity index (χ3v) is 6.56. The lowest BCUT2D eigenvalue weighted by Crippen LogP contribution is -2.39. The van der Waals surface area contributed by atoms with Crippen molar-refractivity contribution in [2.24, 2.45) is 10.8 Å². The van der Waals surface area contributed by atoms with Crippen molar-refractivity contribution in [3.8, 4) is 5.75 Å². The van der Waals surface area contributed by atoms with E-state index in [1.807, 2.05) is 24.0 Å². The molecular formula is C23H29NO4. The number of likely N-dealkylation sites (tertiary alicyclic amines) is 1. The van der Waals surface area contributed by atoms with Crippen molar-refractivity contribution in [3.05, 3.63) is 39.7 Å². The molecule has 1 aliphatic heterocycles. The Kier molecular flexibility index (Phi) is 4.32. The molecule has 5 nitrogen and oxygen atoms in total. The molecule has 2 atom stereocenters. The third-order valence-electron chi connectivity index (χ3n) is 6.56. The van der Waals surface area contributed by atoms with Gasteiger partial charge in [0.1, 0.15) is 11.3 Å². The maximum atomic E-state index is 13.2. The molecule has 2 bridgehead atoms. The number of carbonyl (C=O) groups is 1. The molecule has 1 saturated heterocycles. The van der Waals surface area contributed by atoms with Crippen LogP contribution in [-0.2, 0) is 11.2 Å². The first-order valence-electron chi connectivity index (χ1n) is 10.0. The minimum Gasteiger partial charge on any atom is -0.497 e. The molecule has 2 fully saturated rings. The number of fused-ring (bicyclic) bond motifs is 3. The van der Waals surface area contributed by atoms with Crippen molar-refractivity contribution >= 4 is 16.9 Å². The average molecular weight is 383 g/mol. The Morgan fingerprint density at radius 2 is 2.04 bits per heavy atom. The minimum absolute atomic E-state index is 0.0367. The number of aryl methyl sites for hydroxylation is 1. The first-order chi connectivity index (χ1) is 13.1. The van der Waals surface area contributed by atoms with Crippen LogP contribution < -0.4 is 10.4 Å². The summed E-state index contributed by atoms with van der Waals surface area (Å²) in [6.07, 6.45) is 3.33. The van der Waals surface area contributed by atoms with E-state index in [2.05, 4.69) is 20.8 Å². The Hall–Kier alpha value is -2.30. The Morgan fingerprint density at radius 3 is 2.75 bits per heavy atom. The number of amides is 1. The van der Waals surface area contributed by atoms with Crippen molar-refractivity contribution in [1.29, 1.82) is 0 Å². The first kappa shape index (κ1) is 19.0. The number of carbonyl (C=O) groups excluding carboxylic acids is 1. The lowest BCUT2D eigenvalue weighted by Gasteiger charge is -2.39. The summed E-state index contributed by atoms with van der Waals surface area (Å²) in [5, 5.41) is 0.844. The number of ether oxygens (including phenoxy) is 1. The fraction of sp³-hybridized carbons (Fsp3) is 0.565. The number of hydrogen-bond donors (Lipinski definition) is 0. The van der Waals surface area contributed by atoms with E-state index in [4.69, 9.17) is 9.15 Å². The van der Waals surface area contributed by atoms with E-state index in [0.29, 0.717) is 16.9 Å². The summed E-state index contributed by atoms with van der Waals surface area (Å²) < 4.78 is 10.7. The van der Waals surface area contributed by atoms with Gasteiger partial charge in [0.05, 0.1) is 19.1 Å². The van der Waals surface area contributed by atoms with Gasteiger partial charge in [-0.1, -0.05) is 20.8 Å². The first-order valence-corrected chi connectivity index (χ1v) is 10.0. The molecule has 0 spiro atoms. The Morgan fingerprint density at radius 1 is 1.29 bits per heavy atom. The van der Waals surface area contributed by atoms with Crippen LogP contribution in [-0.4, -0.2) is 30.5 Å². The van der Waals surface area contributed by atoms with E-state index in [1.165, 1.54) is 0 Å². The number of hydrogen-bond acceptors (Lipinski definition) is 4. The van der Waals surface area contributed by atoms with Crippen molar-refractivity contribution in [3.63, 3.8) is 0 Å². The topological polar surface area (TPSA) is 59.8 Å². The number of methoxy groups -OCH3 is 1. The van der Waals surface area contributed by atoms with Gasteiger partial charge in [0.25, 0.3) is 0 Å². The van der Waals surface area contributed by atoms with Gasteiger partial charge in [0, 0.05) is 24.0 Å². The molecule has 28 heavy (non-hydrogen) atoms. The molecule has 0 radical (unpaired) electrons. The van der Waals surface area contributed by atoms with E-state index in [-0.39, 0.29) is 29.2 Å². The Bertz CT molecular complexity index is 1010. The number of rotatable bonds is 3. The van der Waals surface area contributed by atoms with E-state index in [0.717, 1.165) is 36.8 Å². The fourth-order valence-electron chi connectivity index (χ4n) is 5.71. The summed E-state index contributed by atoms with van der Waals surface area (Å²) in [5.74, 6) is 0.675. The molecule has 150 valence electrons. The van der Waals surface area contributed by atoms with Crippen molar-refractivity contribution in [1.82, 2.24) is 4.90 Å². The summed E-state index contributed by atoms with van der Waals surface area (Å²) in [7, 11) is 1.58. The molecule has 1 saturated carbocycles. The van der Waals surface area contributed by atoms with Crippen molar-refractivity contribution in [2.75, 3.05) is 13.7 Å². The minimum atomic E-state index is -0.430. The van der Waals surface area contributed by atoms with Crippen LogP contribution in [0.4, 0.5) is 0 Å². The van der Waals surface area contributed by atoms with Gasteiger partial charge in [0.15, 0.2) is 0 Å². The highest BCUT2D eigenvalue weighted by Gasteiger charge is 2.50. The van der Waals surface area contributed by atoms with Crippen LogP contribution in [0.1, 0.15) is 51.2 Å². The maximum Gasteiger partial charge on any atom is 0.340 e. The molecule has 2 aliphatic rings. The predicted molar refractivity (Wildman–Crippen MR) is 109 cm³/mol. The second-order valence-electron chi connectivity index (χ2n) is 9.77. The monoisotopic (exact) mass is 383 g/mol. The second kappa shape index (κ2) is 6.36. The summed E-state index contributed by atoms with van der Waals surface area (Å²) in [6, 6.07) is 5.71. The molecular weight excluding hydrogens is 354 g/mol. The standard InChI is InChI=1S/C23H29NO4/c1-14-17-7-6-16(27-5)8-19(17)28-21(26)18(14)9-20(25)24-13-23(4)11-15(24)10-22(2,3)12-23/h6-8,15H,9-13H2,1-5H3/t15-,23+/m0/s1. The third kappa shape index (κ3) is 3.21. The van der Waals surface area contributed by atoms with Crippen molar-refractivity contribution < 1.29 is 13.9 Å². The normalized spacial score (nSPS) is 25.9. The molecule has 1 amide bonds. The highest BCUT2D eigenvalue weighted by Crippen LogP contribution is 2.52. The molecule has 1 aromatic heterocycles. The van der Waals surface area contributed by atoms with Gasteiger partial charge in [0.2, 0.25) is 5.91 Å². The van der Waals surface area contributed by atoms with Crippen LogP contribution in [0.25, 0.3) is 11.0 Å². The maximum absolute atomic E-state index is 13.2. The number of nitrogens with zero attached hydrogens (tertiary/aromatic N) is 1. The van der Waals surface area contributed by atoms with Gasteiger partial charge in [-0.15, -0.1) is 0 Å². The zero-order valence-electron chi connectivity index (χ0n) is 17.4. The molecule has 0 N–H and O–H groups in total. The average Bonchev–Trinajstić information content (AvgIpc) is 2.86. The summed E-state index contributed by atoms with van der Waals surface area (Å²) >= 11 is 0. The van der Waals surface area contributed by atoms with Crippen LogP contribution in [0, 0.1) is 17.8 Å². The summed E-state index contributed by atoms with van der Waals surface area (Å²) in [6.45, 7) is 9.55. The molecule has 1 aromatic carbocycles. The Balaban J connectivity index is 1.64. The van der Waals surface area contributed by atoms with Gasteiger partial charge >= 0.3 is 5.63 Å². The van der Waals surface area contributed by atoms with E-state index in [1.54, 1.807) is 13.2 Å². The van der Waals surface area contributed by atoms with E-state index >= 15 is 0 Å². The van der Waals surface area contributed by atoms with Crippen LogP contribution in [0.15, 0.2) is 27.4 Å². The lowest BCUT2D eigenvalue weighted by atomic mass is 9.65. The van der Waals surface area contributed by atoms with Crippen LogP contribution in [0.5, 0.6) is 5.75 Å². The highest BCUT2D eigenvalue weighted by atomic mass is 16.5. The van der Waals surface area contributed by atoms with Gasteiger partial charge in [-0.3, -0.25) is 4.79 Å². The van der Waals surface area contributed by atoms with Gasteiger partial charge in [-0.05, 0) is 54.7 Å². The van der Waals surface area contributed by atoms with Crippen LogP contribution >= 0.6 is 0 Å². The smallest absolute Gasteiger partial charge is 0.340 e.